The monoisotopic (exact) mass is 447 g/mol. The van der Waals surface area contributed by atoms with Crippen molar-refractivity contribution in [3.05, 3.63) is 29.8 Å². The summed E-state index contributed by atoms with van der Waals surface area (Å²) in [6.45, 7) is 2.26. The fourth-order valence-corrected chi connectivity index (χ4v) is 3.85. The second kappa shape index (κ2) is 18.7. The SMILES string of the molecule is CCCCCCCCCCCCCCCCCC(=O)OC(=O)[C@@H](N)Cc1ccc(O)cc1. The molecule has 32 heavy (non-hydrogen) atoms. The van der Waals surface area contributed by atoms with Crippen LogP contribution in [0.4, 0.5) is 0 Å². The molecule has 5 nitrogen and oxygen atoms in total. The minimum Gasteiger partial charge on any atom is -0.508 e. The number of benzene rings is 1. The number of rotatable bonds is 19. The van der Waals surface area contributed by atoms with Gasteiger partial charge in [0.1, 0.15) is 11.8 Å². The molecule has 0 aliphatic heterocycles. The van der Waals surface area contributed by atoms with E-state index < -0.39 is 18.0 Å². The predicted molar refractivity (Wildman–Crippen MR) is 130 cm³/mol. The quantitative estimate of drug-likeness (QED) is 0.142. The highest BCUT2D eigenvalue weighted by Gasteiger charge is 2.19. The Morgan fingerprint density at radius 1 is 0.781 bits per heavy atom. The van der Waals surface area contributed by atoms with E-state index in [1.165, 1.54) is 89.2 Å². The average molecular weight is 448 g/mol. The number of carbonyl (C=O) groups excluding carboxylic acids is 2. The van der Waals surface area contributed by atoms with Crippen LogP contribution < -0.4 is 5.73 Å². The number of ether oxygens (including phenoxy) is 1. The average Bonchev–Trinajstić information content (AvgIpc) is 2.77. The smallest absolute Gasteiger partial charge is 0.330 e. The Morgan fingerprint density at radius 3 is 1.69 bits per heavy atom. The first-order valence-corrected chi connectivity index (χ1v) is 12.8. The topological polar surface area (TPSA) is 89.6 Å². The highest BCUT2D eigenvalue weighted by atomic mass is 16.6. The van der Waals surface area contributed by atoms with Gasteiger partial charge in [-0.3, -0.25) is 4.79 Å². The molecule has 0 bridgehead atoms. The summed E-state index contributed by atoms with van der Waals surface area (Å²) < 4.78 is 4.87. The van der Waals surface area contributed by atoms with Crippen molar-refractivity contribution in [1.29, 1.82) is 0 Å². The first kappa shape index (κ1) is 28.2. The van der Waals surface area contributed by atoms with Crippen molar-refractivity contribution in [3.8, 4) is 5.75 Å². The molecule has 3 N–H and O–H groups in total. The van der Waals surface area contributed by atoms with E-state index in [-0.39, 0.29) is 18.6 Å². The summed E-state index contributed by atoms with van der Waals surface area (Å²) in [5.74, 6) is -1.03. The van der Waals surface area contributed by atoms with E-state index in [4.69, 9.17) is 10.5 Å². The summed E-state index contributed by atoms with van der Waals surface area (Å²) >= 11 is 0. The van der Waals surface area contributed by atoms with Crippen molar-refractivity contribution < 1.29 is 19.4 Å². The molecule has 0 saturated heterocycles. The predicted octanol–water partition coefficient (Wildman–Crippen LogP) is 6.59. The summed E-state index contributed by atoms with van der Waals surface area (Å²) in [5.41, 5.74) is 6.64. The summed E-state index contributed by atoms with van der Waals surface area (Å²) in [6.07, 6.45) is 19.6. The zero-order valence-corrected chi connectivity index (χ0v) is 20.2. The molecule has 0 amide bonds. The molecule has 1 rings (SSSR count). The summed E-state index contributed by atoms with van der Waals surface area (Å²) in [5, 5.41) is 9.28. The fraction of sp³-hybridized carbons (Fsp3) is 0.704. The van der Waals surface area contributed by atoms with E-state index in [9.17, 15) is 14.7 Å². The van der Waals surface area contributed by atoms with Crippen LogP contribution in [0.15, 0.2) is 24.3 Å². The van der Waals surface area contributed by atoms with Gasteiger partial charge in [0.2, 0.25) is 0 Å². The van der Waals surface area contributed by atoms with Crippen LogP contribution in [0.1, 0.15) is 115 Å². The standard InChI is InChI=1S/C27H45NO4/c1-2-3-4-5-6-7-8-9-10-11-12-13-14-15-16-17-26(30)32-27(31)25(28)22-23-18-20-24(29)21-19-23/h18-21,25,29H,2-17,22,28H2,1H3/t25-/m0/s1. The number of esters is 2. The molecule has 0 radical (unpaired) electrons. The molecule has 1 aromatic carbocycles. The molecule has 5 heteroatoms. The molecule has 0 saturated carbocycles. The van der Waals surface area contributed by atoms with E-state index in [1.54, 1.807) is 12.1 Å². The van der Waals surface area contributed by atoms with Crippen molar-refractivity contribution >= 4 is 11.9 Å². The Morgan fingerprint density at radius 2 is 1.22 bits per heavy atom. The van der Waals surface area contributed by atoms with Crippen molar-refractivity contribution in [3.63, 3.8) is 0 Å². The van der Waals surface area contributed by atoms with Gasteiger partial charge >= 0.3 is 11.9 Å². The van der Waals surface area contributed by atoms with Gasteiger partial charge in [-0.2, -0.15) is 0 Å². The van der Waals surface area contributed by atoms with Crippen LogP contribution in [0.25, 0.3) is 0 Å². The highest BCUT2D eigenvalue weighted by Crippen LogP contribution is 2.14. The molecular weight excluding hydrogens is 402 g/mol. The Kier molecular flexibility index (Phi) is 16.4. The van der Waals surface area contributed by atoms with E-state index in [0.29, 0.717) is 0 Å². The largest absolute Gasteiger partial charge is 0.508 e. The van der Waals surface area contributed by atoms with Gasteiger partial charge in [0.25, 0.3) is 0 Å². The van der Waals surface area contributed by atoms with Gasteiger partial charge < -0.3 is 15.6 Å². The van der Waals surface area contributed by atoms with E-state index in [2.05, 4.69) is 6.92 Å². The molecule has 0 heterocycles. The molecule has 0 aromatic heterocycles. The van der Waals surface area contributed by atoms with Crippen molar-refractivity contribution in [2.24, 2.45) is 5.73 Å². The Hall–Kier alpha value is -1.88. The summed E-state index contributed by atoms with van der Waals surface area (Å²) in [7, 11) is 0. The van der Waals surface area contributed by atoms with Crippen LogP contribution in [0.3, 0.4) is 0 Å². The van der Waals surface area contributed by atoms with Crippen molar-refractivity contribution in [2.45, 2.75) is 122 Å². The Balaban J connectivity index is 1.92. The highest BCUT2D eigenvalue weighted by molar-refractivity contribution is 5.88. The molecule has 0 aliphatic carbocycles. The number of aromatic hydroxyl groups is 1. The molecule has 0 aliphatic rings. The summed E-state index contributed by atoms with van der Waals surface area (Å²) in [4.78, 5) is 23.8. The lowest BCUT2D eigenvalue weighted by molar-refractivity contribution is -0.160. The maximum Gasteiger partial charge on any atom is 0.330 e. The number of hydrogen-bond acceptors (Lipinski definition) is 5. The first-order chi connectivity index (χ1) is 15.5. The Labute approximate surface area is 195 Å². The van der Waals surface area contributed by atoms with Crippen molar-refractivity contribution in [1.82, 2.24) is 0 Å². The maximum atomic E-state index is 12.0. The lowest BCUT2D eigenvalue weighted by Gasteiger charge is -2.10. The van der Waals surface area contributed by atoms with Gasteiger partial charge in [0.15, 0.2) is 0 Å². The lowest BCUT2D eigenvalue weighted by Crippen LogP contribution is -2.35. The van der Waals surface area contributed by atoms with Crippen LogP contribution in [-0.4, -0.2) is 23.1 Å². The minimum atomic E-state index is -0.885. The second-order valence-corrected chi connectivity index (χ2v) is 8.97. The number of unbranched alkanes of at least 4 members (excludes halogenated alkanes) is 14. The lowest BCUT2D eigenvalue weighted by atomic mass is 10.0. The van der Waals surface area contributed by atoms with Crippen LogP contribution in [0.5, 0.6) is 5.75 Å². The van der Waals surface area contributed by atoms with Gasteiger partial charge in [-0.05, 0) is 30.5 Å². The molecule has 0 unspecified atom stereocenters. The normalized spacial score (nSPS) is 11.9. The third kappa shape index (κ3) is 15.0. The number of hydrogen-bond donors (Lipinski definition) is 2. The molecule has 1 aromatic rings. The number of phenols is 1. The first-order valence-electron chi connectivity index (χ1n) is 12.8. The fourth-order valence-electron chi connectivity index (χ4n) is 3.85. The van der Waals surface area contributed by atoms with Crippen LogP contribution in [-0.2, 0) is 20.7 Å². The number of carbonyl (C=O) groups is 2. The number of nitrogens with two attached hydrogens (primary N) is 1. The third-order valence-corrected chi connectivity index (χ3v) is 5.89. The molecule has 182 valence electrons. The second-order valence-electron chi connectivity index (χ2n) is 8.97. The molecular formula is C27H45NO4. The van der Waals surface area contributed by atoms with Gasteiger partial charge in [0.05, 0.1) is 0 Å². The van der Waals surface area contributed by atoms with Gasteiger partial charge in [-0.25, -0.2) is 4.79 Å². The zero-order chi connectivity index (χ0) is 23.4. The molecule has 0 spiro atoms. The minimum absolute atomic E-state index is 0.156. The van der Waals surface area contributed by atoms with E-state index in [1.807, 2.05) is 0 Å². The number of phenolic OH excluding ortho intramolecular Hbond substituents is 1. The van der Waals surface area contributed by atoms with Crippen LogP contribution in [0.2, 0.25) is 0 Å². The third-order valence-electron chi connectivity index (χ3n) is 5.89. The van der Waals surface area contributed by atoms with Gasteiger partial charge in [0, 0.05) is 6.42 Å². The van der Waals surface area contributed by atoms with Crippen LogP contribution in [0, 0.1) is 0 Å². The summed E-state index contributed by atoms with van der Waals surface area (Å²) in [6, 6.07) is 5.58. The van der Waals surface area contributed by atoms with Crippen molar-refractivity contribution in [2.75, 3.05) is 0 Å². The zero-order valence-electron chi connectivity index (χ0n) is 20.2. The molecule has 0 fully saturated rings. The van der Waals surface area contributed by atoms with Crippen LogP contribution >= 0.6 is 0 Å². The Bertz CT molecular complexity index is 615. The van der Waals surface area contributed by atoms with Gasteiger partial charge in [-0.1, -0.05) is 109 Å². The van der Waals surface area contributed by atoms with Gasteiger partial charge in [-0.15, -0.1) is 0 Å². The molecule has 1 atom stereocenters. The van der Waals surface area contributed by atoms with E-state index in [0.717, 1.165) is 24.8 Å². The van der Waals surface area contributed by atoms with E-state index >= 15 is 0 Å². The maximum absolute atomic E-state index is 12.0.